The molecule has 6 heteroatoms. The first kappa shape index (κ1) is 13.6. The van der Waals surface area contributed by atoms with E-state index in [1.54, 1.807) is 6.92 Å². The third kappa shape index (κ3) is 4.23. The summed E-state index contributed by atoms with van der Waals surface area (Å²) in [6.45, 7) is 3.46. The number of carbonyl (C=O) groups is 2. The molecule has 1 rings (SSSR count). The van der Waals surface area contributed by atoms with Gasteiger partial charge < -0.3 is 5.32 Å². The van der Waals surface area contributed by atoms with Crippen LogP contribution in [0.1, 0.15) is 13.8 Å². The van der Waals surface area contributed by atoms with Gasteiger partial charge in [0.05, 0.1) is 0 Å². The van der Waals surface area contributed by atoms with Crippen molar-refractivity contribution < 1.29 is 44.0 Å². The molecule has 0 aromatic rings. The Labute approximate surface area is 105 Å². The normalized spacial score (nSPS) is 21.1. The Kier molecular flexibility index (Phi) is 6.03. The molecular formula is C8H12N2NaO3+. The summed E-state index contributed by atoms with van der Waals surface area (Å²) in [4.78, 5) is 26.3. The molecule has 0 aliphatic carbocycles. The van der Waals surface area contributed by atoms with Gasteiger partial charge in [0.25, 0.3) is 5.91 Å². The van der Waals surface area contributed by atoms with E-state index in [9.17, 15) is 9.59 Å². The fraction of sp³-hybridized carbons (Fsp3) is 0.500. The van der Waals surface area contributed by atoms with Crippen molar-refractivity contribution in [3.05, 3.63) is 11.8 Å². The second-order valence-electron chi connectivity index (χ2n) is 2.91. The molecule has 0 aromatic carbocycles. The van der Waals surface area contributed by atoms with Crippen LogP contribution < -0.4 is 40.4 Å². The number of hydrogen-bond acceptors (Lipinski definition) is 4. The largest absolute Gasteiger partial charge is 1.00 e. The number of hydrogen-bond donors (Lipinski definition) is 2. The Bertz CT molecular complexity index is 265. The van der Waals surface area contributed by atoms with Crippen molar-refractivity contribution in [1.29, 1.82) is 0 Å². The molecule has 1 saturated heterocycles. The zero-order valence-electron chi connectivity index (χ0n) is 8.59. The van der Waals surface area contributed by atoms with Crippen LogP contribution in [0.25, 0.3) is 0 Å². The first-order chi connectivity index (χ1) is 6.09. The summed E-state index contributed by atoms with van der Waals surface area (Å²) in [6, 6.07) is -0.393. The number of allylic oxidation sites excluding steroid dienone is 2. The van der Waals surface area contributed by atoms with E-state index in [4.69, 9.17) is 4.84 Å². The molecule has 14 heavy (non-hydrogen) atoms. The van der Waals surface area contributed by atoms with Crippen molar-refractivity contribution in [3.63, 3.8) is 0 Å². The molecule has 1 atom stereocenters. The number of hydroxylamine groups is 1. The summed E-state index contributed by atoms with van der Waals surface area (Å²) < 4.78 is 0. The summed E-state index contributed by atoms with van der Waals surface area (Å²) in [7, 11) is 0. The molecule has 0 saturated carbocycles. The number of carbonyl (C=O) groups excluding carboxylic acids is 2. The van der Waals surface area contributed by atoms with E-state index in [2.05, 4.69) is 10.8 Å². The van der Waals surface area contributed by atoms with Gasteiger partial charge in [-0.1, -0.05) is 0 Å². The van der Waals surface area contributed by atoms with E-state index in [1.165, 1.54) is 13.0 Å². The molecule has 1 amide bonds. The predicted octanol–water partition coefficient (Wildman–Crippen LogP) is -3.50. The molecule has 0 unspecified atom stereocenters. The zero-order chi connectivity index (χ0) is 9.84. The number of rotatable bonds is 3. The van der Waals surface area contributed by atoms with Crippen LogP contribution >= 0.6 is 0 Å². The molecule has 1 heterocycles. The summed E-state index contributed by atoms with van der Waals surface area (Å²) in [5, 5.41) is 2.86. The van der Waals surface area contributed by atoms with E-state index in [0.29, 0.717) is 5.70 Å². The summed E-state index contributed by atoms with van der Waals surface area (Å²) >= 11 is 0. The fourth-order valence-electron chi connectivity index (χ4n) is 1.07. The van der Waals surface area contributed by atoms with Gasteiger partial charge in [-0.3, -0.25) is 14.4 Å². The van der Waals surface area contributed by atoms with Gasteiger partial charge in [0.1, 0.15) is 12.6 Å². The molecule has 2 N–H and O–H groups in total. The van der Waals surface area contributed by atoms with E-state index >= 15 is 0 Å². The van der Waals surface area contributed by atoms with Crippen LogP contribution in [0.3, 0.4) is 0 Å². The fourth-order valence-corrected chi connectivity index (χ4v) is 1.07. The average molecular weight is 207 g/mol. The van der Waals surface area contributed by atoms with Gasteiger partial charge in [-0.05, 0) is 19.9 Å². The van der Waals surface area contributed by atoms with Crippen molar-refractivity contribution in [2.75, 3.05) is 6.61 Å². The molecule has 0 radical (unpaired) electrons. The Morgan fingerprint density at radius 2 is 2.29 bits per heavy atom. The minimum Gasteiger partial charge on any atom is -0.375 e. The van der Waals surface area contributed by atoms with Crippen LogP contribution in [0.5, 0.6) is 0 Å². The van der Waals surface area contributed by atoms with Gasteiger partial charge in [0.2, 0.25) is 0 Å². The summed E-state index contributed by atoms with van der Waals surface area (Å²) in [5.41, 5.74) is 2.88. The SMILES string of the molecule is CC(=O)/C=C(\C)N[C@@H]1CONC1=O.[Na+]. The Morgan fingerprint density at radius 3 is 2.71 bits per heavy atom. The maximum atomic E-state index is 11.0. The standard InChI is InChI=1S/C8H12N2O3.Na/c1-5(3-6(2)11)9-7-4-13-10-8(7)12;/h3,7,9H,4H2,1-2H3,(H,10,12);/q;+1/b5-3+;/t7-;/m1./s1. The summed E-state index contributed by atoms with van der Waals surface area (Å²) in [5.74, 6) is -0.263. The van der Waals surface area contributed by atoms with Crippen LogP contribution in [0.15, 0.2) is 11.8 Å². The molecule has 0 bridgehead atoms. The van der Waals surface area contributed by atoms with Crippen molar-refractivity contribution >= 4 is 11.7 Å². The minimum atomic E-state index is -0.393. The maximum Gasteiger partial charge on any atom is 1.00 e. The van der Waals surface area contributed by atoms with Gasteiger partial charge in [-0.15, -0.1) is 0 Å². The maximum absolute atomic E-state index is 11.0. The third-order valence-electron chi connectivity index (χ3n) is 1.56. The van der Waals surface area contributed by atoms with Crippen LogP contribution in [-0.2, 0) is 14.4 Å². The van der Waals surface area contributed by atoms with E-state index in [0.717, 1.165) is 0 Å². The van der Waals surface area contributed by atoms with Gasteiger partial charge in [0.15, 0.2) is 5.78 Å². The molecule has 0 spiro atoms. The van der Waals surface area contributed by atoms with E-state index < -0.39 is 6.04 Å². The van der Waals surface area contributed by atoms with Crippen LogP contribution in [0.4, 0.5) is 0 Å². The van der Waals surface area contributed by atoms with Crippen molar-refractivity contribution in [2.24, 2.45) is 0 Å². The Balaban J connectivity index is 0.00000169. The molecule has 0 aromatic heterocycles. The van der Waals surface area contributed by atoms with E-state index in [1.807, 2.05) is 0 Å². The van der Waals surface area contributed by atoms with Crippen molar-refractivity contribution in [1.82, 2.24) is 10.8 Å². The smallest absolute Gasteiger partial charge is 0.375 e. The molecule has 1 aliphatic heterocycles. The third-order valence-corrected chi connectivity index (χ3v) is 1.56. The number of ketones is 1. The molecular weight excluding hydrogens is 195 g/mol. The molecule has 5 nitrogen and oxygen atoms in total. The predicted molar refractivity (Wildman–Crippen MR) is 45.5 cm³/mol. The second kappa shape index (κ2) is 6.19. The Morgan fingerprint density at radius 1 is 1.64 bits per heavy atom. The minimum absolute atomic E-state index is 0. The number of amides is 1. The molecule has 1 aliphatic rings. The van der Waals surface area contributed by atoms with Gasteiger partial charge in [0, 0.05) is 5.70 Å². The van der Waals surface area contributed by atoms with Crippen molar-refractivity contribution in [3.8, 4) is 0 Å². The summed E-state index contributed by atoms with van der Waals surface area (Å²) in [6.07, 6.45) is 1.44. The van der Waals surface area contributed by atoms with Gasteiger partial charge in [-0.2, -0.15) is 0 Å². The topological polar surface area (TPSA) is 67.4 Å². The zero-order valence-corrected chi connectivity index (χ0v) is 10.6. The quantitative estimate of drug-likeness (QED) is 0.372. The number of nitrogens with one attached hydrogen (secondary N) is 2. The van der Waals surface area contributed by atoms with Crippen LogP contribution in [0.2, 0.25) is 0 Å². The molecule has 1 fully saturated rings. The van der Waals surface area contributed by atoms with Crippen LogP contribution in [0, 0.1) is 0 Å². The van der Waals surface area contributed by atoms with Gasteiger partial charge in [-0.25, -0.2) is 5.48 Å². The first-order valence-corrected chi connectivity index (χ1v) is 3.96. The monoisotopic (exact) mass is 207 g/mol. The van der Waals surface area contributed by atoms with Gasteiger partial charge >= 0.3 is 29.6 Å². The van der Waals surface area contributed by atoms with E-state index in [-0.39, 0.29) is 47.9 Å². The van der Waals surface area contributed by atoms with Crippen LogP contribution in [-0.4, -0.2) is 24.3 Å². The molecule has 72 valence electrons. The Hall–Kier alpha value is -0.360. The first-order valence-electron chi connectivity index (χ1n) is 3.96. The second-order valence-corrected chi connectivity index (χ2v) is 2.91. The van der Waals surface area contributed by atoms with Crippen molar-refractivity contribution in [2.45, 2.75) is 19.9 Å². The average Bonchev–Trinajstić information content (AvgIpc) is 2.34.